The highest BCUT2D eigenvalue weighted by Crippen LogP contribution is 2.24. The van der Waals surface area contributed by atoms with Crippen molar-refractivity contribution in [2.24, 2.45) is 0 Å². The van der Waals surface area contributed by atoms with Crippen LogP contribution in [0.5, 0.6) is 5.75 Å². The summed E-state index contributed by atoms with van der Waals surface area (Å²) >= 11 is 0. The van der Waals surface area contributed by atoms with Gasteiger partial charge in [0.1, 0.15) is 18.2 Å². The maximum absolute atomic E-state index is 12.4. The first-order valence-corrected chi connectivity index (χ1v) is 8.40. The molecule has 1 heterocycles. The lowest BCUT2D eigenvalue weighted by Gasteiger charge is -2.09. The van der Waals surface area contributed by atoms with Gasteiger partial charge in [0.25, 0.3) is 5.56 Å². The number of carboxylic acids is 1. The Labute approximate surface area is 154 Å². The van der Waals surface area contributed by atoms with Crippen LogP contribution in [0.3, 0.4) is 0 Å². The van der Waals surface area contributed by atoms with Gasteiger partial charge in [-0.05, 0) is 59.7 Å². The molecule has 0 unspecified atom stereocenters. The van der Waals surface area contributed by atoms with Crippen molar-refractivity contribution in [3.8, 4) is 5.75 Å². The molecule has 2 N–H and O–H groups in total. The predicted molar refractivity (Wildman–Crippen MR) is 102 cm³/mol. The predicted octanol–water partition coefficient (Wildman–Crippen LogP) is 3.66. The number of hydrogen-bond acceptors (Lipinski definition) is 4. The van der Waals surface area contributed by atoms with E-state index >= 15 is 0 Å². The molecule has 0 radical (unpaired) electrons. The molecular formula is C21H16N2O4. The van der Waals surface area contributed by atoms with Gasteiger partial charge in [0, 0.05) is 0 Å². The zero-order valence-corrected chi connectivity index (χ0v) is 14.5. The van der Waals surface area contributed by atoms with Crippen LogP contribution in [0.2, 0.25) is 0 Å². The maximum Gasteiger partial charge on any atom is 0.335 e. The van der Waals surface area contributed by atoms with Gasteiger partial charge >= 0.3 is 5.97 Å². The highest BCUT2D eigenvalue weighted by atomic mass is 16.5. The lowest BCUT2D eigenvalue weighted by Crippen LogP contribution is -2.10. The molecule has 0 aliphatic carbocycles. The highest BCUT2D eigenvalue weighted by Gasteiger charge is 2.08. The SMILES string of the molecule is Cc1nc2ccc3ccc(COc4ccc(C(=O)O)cc4)cc3c2c(=O)[nH]1. The number of hydrogen-bond donors (Lipinski definition) is 2. The van der Waals surface area contributed by atoms with Gasteiger partial charge in [0.05, 0.1) is 16.5 Å². The number of benzene rings is 3. The normalized spacial score (nSPS) is 11.0. The number of rotatable bonds is 4. The van der Waals surface area contributed by atoms with E-state index in [1.54, 1.807) is 19.1 Å². The van der Waals surface area contributed by atoms with Crippen LogP contribution >= 0.6 is 0 Å². The summed E-state index contributed by atoms with van der Waals surface area (Å²) in [4.78, 5) is 30.5. The van der Waals surface area contributed by atoms with Crippen molar-refractivity contribution in [3.63, 3.8) is 0 Å². The summed E-state index contributed by atoms with van der Waals surface area (Å²) < 4.78 is 5.74. The van der Waals surface area contributed by atoms with Gasteiger partial charge < -0.3 is 14.8 Å². The third kappa shape index (κ3) is 3.25. The average molecular weight is 360 g/mol. The fourth-order valence-corrected chi connectivity index (χ4v) is 3.07. The first-order chi connectivity index (χ1) is 13.0. The van der Waals surface area contributed by atoms with Crippen LogP contribution in [0, 0.1) is 6.92 Å². The Hall–Kier alpha value is -3.67. The highest BCUT2D eigenvalue weighted by molar-refractivity contribution is 6.05. The molecule has 0 saturated carbocycles. The number of nitrogens with zero attached hydrogens (tertiary/aromatic N) is 1. The number of carboxylic acid groups (broad SMARTS) is 1. The summed E-state index contributed by atoms with van der Waals surface area (Å²) in [5, 5.41) is 11.3. The Morgan fingerprint density at radius 2 is 1.85 bits per heavy atom. The van der Waals surface area contributed by atoms with Gasteiger partial charge in [-0.1, -0.05) is 18.2 Å². The second-order valence-electron chi connectivity index (χ2n) is 6.28. The Morgan fingerprint density at radius 1 is 1.11 bits per heavy atom. The fraction of sp³-hybridized carbons (Fsp3) is 0.0952. The van der Waals surface area contributed by atoms with Gasteiger partial charge in [-0.25, -0.2) is 9.78 Å². The van der Waals surface area contributed by atoms with E-state index in [0.29, 0.717) is 29.1 Å². The summed E-state index contributed by atoms with van der Waals surface area (Å²) in [6, 6.07) is 15.8. The molecule has 3 aromatic carbocycles. The molecule has 0 amide bonds. The van der Waals surface area contributed by atoms with Gasteiger partial charge in [-0.15, -0.1) is 0 Å². The standard InChI is InChI=1S/C21H16N2O4/c1-12-22-18-9-6-14-3-2-13(10-17(14)19(18)20(24)23-12)11-27-16-7-4-15(5-8-16)21(25)26/h2-10H,11H2,1H3,(H,25,26)(H,22,23,24). The average Bonchev–Trinajstić information content (AvgIpc) is 2.65. The zero-order valence-electron chi connectivity index (χ0n) is 14.5. The van der Waals surface area contributed by atoms with Crippen LogP contribution in [-0.2, 0) is 6.61 Å². The van der Waals surface area contributed by atoms with E-state index in [4.69, 9.17) is 9.84 Å². The van der Waals surface area contributed by atoms with E-state index in [2.05, 4.69) is 9.97 Å². The molecule has 0 aliphatic rings. The number of aromatic nitrogens is 2. The largest absolute Gasteiger partial charge is 0.489 e. The fourth-order valence-electron chi connectivity index (χ4n) is 3.07. The Kier molecular flexibility index (Phi) is 4.08. The smallest absolute Gasteiger partial charge is 0.335 e. The number of aromatic carboxylic acids is 1. The van der Waals surface area contributed by atoms with Crippen LogP contribution in [-0.4, -0.2) is 21.0 Å². The molecule has 0 saturated heterocycles. The molecule has 0 atom stereocenters. The van der Waals surface area contributed by atoms with Crippen LogP contribution in [0.4, 0.5) is 0 Å². The van der Waals surface area contributed by atoms with Crippen molar-refractivity contribution < 1.29 is 14.6 Å². The van der Waals surface area contributed by atoms with Crippen LogP contribution in [0.25, 0.3) is 21.7 Å². The van der Waals surface area contributed by atoms with E-state index in [0.717, 1.165) is 16.3 Å². The minimum atomic E-state index is -0.975. The second-order valence-corrected chi connectivity index (χ2v) is 6.28. The monoisotopic (exact) mass is 360 g/mol. The molecule has 1 aromatic heterocycles. The topological polar surface area (TPSA) is 92.3 Å². The molecule has 0 spiro atoms. The molecule has 27 heavy (non-hydrogen) atoms. The first kappa shape index (κ1) is 16.8. The molecular weight excluding hydrogens is 344 g/mol. The molecule has 6 nitrogen and oxygen atoms in total. The van der Waals surface area contributed by atoms with Crippen molar-refractivity contribution >= 4 is 27.6 Å². The molecule has 6 heteroatoms. The quantitative estimate of drug-likeness (QED) is 0.542. The molecule has 0 aliphatic heterocycles. The van der Waals surface area contributed by atoms with Crippen LogP contribution < -0.4 is 10.3 Å². The van der Waals surface area contributed by atoms with Gasteiger partial charge in [0.15, 0.2) is 0 Å². The van der Waals surface area contributed by atoms with Gasteiger partial charge in [-0.2, -0.15) is 0 Å². The van der Waals surface area contributed by atoms with E-state index < -0.39 is 5.97 Å². The van der Waals surface area contributed by atoms with E-state index in [1.165, 1.54) is 12.1 Å². The Balaban J connectivity index is 1.67. The lowest BCUT2D eigenvalue weighted by molar-refractivity contribution is 0.0697. The Bertz CT molecular complexity index is 1230. The zero-order chi connectivity index (χ0) is 19.0. The molecule has 134 valence electrons. The minimum absolute atomic E-state index is 0.162. The number of carbonyl (C=O) groups is 1. The van der Waals surface area contributed by atoms with E-state index in [9.17, 15) is 9.59 Å². The third-order valence-electron chi connectivity index (χ3n) is 4.38. The first-order valence-electron chi connectivity index (χ1n) is 8.40. The number of aromatic amines is 1. The lowest BCUT2D eigenvalue weighted by atomic mass is 10.0. The summed E-state index contributed by atoms with van der Waals surface area (Å²) in [6.45, 7) is 2.06. The van der Waals surface area contributed by atoms with Gasteiger partial charge in [-0.3, -0.25) is 4.79 Å². The van der Waals surface area contributed by atoms with Crippen molar-refractivity contribution in [2.45, 2.75) is 13.5 Å². The van der Waals surface area contributed by atoms with Gasteiger partial charge in [0.2, 0.25) is 0 Å². The van der Waals surface area contributed by atoms with Crippen molar-refractivity contribution in [1.82, 2.24) is 9.97 Å². The summed E-state index contributed by atoms with van der Waals surface area (Å²) in [6.07, 6.45) is 0. The third-order valence-corrected chi connectivity index (χ3v) is 4.38. The summed E-state index contributed by atoms with van der Waals surface area (Å²) in [5.41, 5.74) is 1.61. The molecule has 0 fully saturated rings. The second kappa shape index (κ2) is 6.57. The number of nitrogens with one attached hydrogen (secondary N) is 1. The minimum Gasteiger partial charge on any atom is -0.489 e. The summed E-state index contributed by atoms with van der Waals surface area (Å²) in [5.74, 6) is 0.182. The summed E-state index contributed by atoms with van der Waals surface area (Å²) in [7, 11) is 0. The van der Waals surface area contributed by atoms with E-state index in [1.807, 2.05) is 30.3 Å². The molecule has 4 rings (SSSR count). The van der Waals surface area contributed by atoms with Crippen molar-refractivity contribution in [2.75, 3.05) is 0 Å². The molecule has 0 bridgehead atoms. The van der Waals surface area contributed by atoms with Crippen LogP contribution in [0.15, 0.2) is 59.4 Å². The van der Waals surface area contributed by atoms with Crippen LogP contribution in [0.1, 0.15) is 21.7 Å². The number of ether oxygens (including phenoxy) is 1. The van der Waals surface area contributed by atoms with E-state index in [-0.39, 0.29) is 11.1 Å². The van der Waals surface area contributed by atoms with Crippen molar-refractivity contribution in [1.29, 1.82) is 0 Å². The number of fused-ring (bicyclic) bond motifs is 3. The molecule has 4 aromatic rings. The maximum atomic E-state index is 12.4. The Morgan fingerprint density at radius 3 is 2.59 bits per heavy atom. The van der Waals surface area contributed by atoms with Crippen molar-refractivity contribution in [3.05, 3.63) is 81.9 Å². The number of H-pyrrole nitrogens is 1. The number of aryl methyl sites for hydroxylation is 1.